The van der Waals surface area contributed by atoms with Gasteiger partial charge < -0.3 is 15.9 Å². The van der Waals surface area contributed by atoms with Crippen LogP contribution < -0.4 is 5.73 Å². The molecule has 0 unspecified atom stereocenters. The van der Waals surface area contributed by atoms with E-state index < -0.39 is 28.7 Å². The number of alkyl halides is 3. The summed E-state index contributed by atoms with van der Waals surface area (Å²) in [6.07, 6.45) is -2.82. The third-order valence-electron chi connectivity index (χ3n) is 3.69. The Labute approximate surface area is 102 Å². The fourth-order valence-electron chi connectivity index (χ4n) is 2.51. The number of rotatable bonds is 2. The van der Waals surface area contributed by atoms with Gasteiger partial charge in [-0.15, -0.1) is 0 Å². The zero-order chi connectivity index (χ0) is 13.6. The molecule has 0 heterocycles. The summed E-state index contributed by atoms with van der Waals surface area (Å²) in [5.74, 6) is -1.24. The Balaban J connectivity index is 2.66. The number of benzene rings is 1. The smallest absolute Gasteiger partial charge is 0.416 e. The lowest BCUT2D eigenvalue weighted by atomic mass is 9.63. The highest BCUT2D eigenvalue weighted by Gasteiger charge is 2.46. The van der Waals surface area contributed by atoms with E-state index in [4.69, 9.17) is 5.73 Å². The molecule has 1 aliphatic rings. The van der Waals surface area contributed by atoms with Gasteiger partial charge in [-0.25, -0.2) is 0 Å². The van der Waals surface area contributed by atoms with Crippen LogP contribution in [0.1, 0.15) is 30.4 Å². The minimum Gasteiger partial charge on any atom is -0.504 e. The topological polar surface area (TPSA) is 66.5 Å². The SMILES string of the molecule is NCC1(c2c(C(F)(F)F)ccc(O)c2O)CCC1. The predicted octanol–water partition coefficient (Wildman–Crippen LogP) is 2.50. The number of phenolic OH excluding ortho intramolecular Hbond substituents is 2. The first-order valence-corrected chi connectivity index (χ1v) is 5.64. The van der Waals surface area contributed by atoms with Crippen LogP contribution in [0.3, 0.4) is 0 Å². The van der Waals surface area contributed by atoms with Crippen molar-refractivity contribution in [2.45, 2.75) is 30.9 Å². The second-order valence-corrected chi connectivity index (χ2v) is 4.69. The van der Waals surface area contributed by atoms with Gasteiger partial charge in [-0.05, 0) is 25.0 Å². The van der Waals surface area contributed by atoms with Gasteiger partial charge >= 0.3 is 6.18 Å². The van der Waals surface area contributed by atoms with Crippen molar-refractivity contribution in [1.82, 2.24) is 0 Å². The summed E-state index contributed by atoms with van der Waals surface area (Å²) in [6.45, 7) is 0.0209. The predicted molar refractivity (Wildman–Crippen MR) is 59.4 cm³/mol. The van der Waals surface area contributed by atoms with Gasteiger partial charge in [-0.1, -0.05) is 6.42 Å². The van der Waals surface area contributed by atoms with Gasteiger partial charge in [-0.3, -0.25) is 0 Å². The molecule has 1 aromatic carbocycles. The molecule has 3 nitrogen and oxygen atoms in total. The van der Waals surface area contributed by atoms with Crippen molar-refractivity contribution in [3.63, 3.8) is 0 Å². The van der Waals surface area contributed by atoms with Crippen LogP contribution in [-0.2, 0) is 11.6 Å². The Morgan fingerprint density at radius 2 is 1.83 bits per heavy atom. The van der Waals surface area contributed by atoms with Crippen molar-refractivity contribution in [3.05, 3.63) is 23.3 Å². The maximum atomic E-state index is 13.0. The van der Waals surface area contributed by atoms with Gasteiger partial charge in [0.2, 0.25) is 0 Å². The normalized spacial score (nSPS) is 18.4. The van der Waals surface area contributed by atoms with Crippen molar-refractivity contribution in [3.8, 4) is 11.5 Å². The minimum atomic E-state index is -4.57. The van der Waals surface area contributed by atoms with Crippen molar-refractivity contribution in [1.29, 1.82) is 0 Å². The Morgan fingerprint density at radius 1 is 1.22 bits per heavy atom. The van der Waals surface area contributed by atoms with Crippen LogP contribution in [0.5, 0.6) is 11.5 Å². The fraction of sp³-hybridized carbons (Fsp3) is 0.500. The first-order valence-electron chi connectivity index (χ1n) is 5.64. The molecule has 0 atom stereocenters. The second-order valence-electron chi connectivity index (χ2n) is 4.69. The van der Waals surface area contributed by atoms with Crippen LogP contribution in [0.25, 0.3) is 0 Å². The van der Waals surface area contributed by atoms with Gasteiger partial charge in [0.1, 0.15) is 0 Å². The molecule has 1 fully saturated rings. The highest BCUT2D eigenvalue weighted by atomic mass is 19.4. The summed E-state index contributed by atoms with van der Waals surface area (Å²) in [4.78, 5) is 0. The van der Waals surface area contributed by atoms with E-state index in [1.165, 1.54) is 0 Å². The molecule has 0 amide bonds. The van der Waals surface area contributed by atoms with Crippen molar-refractivity contribution < 1.29 is 23.4 Å². The molecule has 2 rings (SSSR count). The first-order chi connectivity index (χ1) is 8.32. The molecule has 1 aromatic rings. The fourth-order valence-corrected chi connectivity index (χ4v) is 2.51. The molecule has 0 saturated heterocycles. The van der Waals surface area contributed by atoms with E-state index in [-0.39, 0.29) is 12.1 Å². The number of hydrogen-bond acceptors (Lipinski definition) is 3. The van der Waals surface area contributed by atoms with E-state index >= 15 is 0 Å². The minimum absolute atomic E-state index is 0.0209. The van der Waals surface area contributed by atoms with E-state index in [1.807, 2.05) is 0 Å². The molecule has 0 aromatic heterocycles. The lowest BCUT2D eigenvalue weighted by Gasteiger charge is -2.43. The molecule has 6 heteroatoms. The number of phenols is 2. The van der Waals surface area contributed by atoms with E-state index in [2.05, 4.69) is 0 Å². The summed E-state index contributed by atoms with van der Waals surface area (Å²) in [7, 11) is 0. The summed E-state index contributed by atoms with van der Waals surface area (Å²) in [6, 6.07) is 1.64. The standard InChI is InChI=1S/C12H14F3NO2/c13-12(14,15)7-2-3-8(17)10(18)9(7)11(6-16)4-1-5-11/h2-3,17-18H,1,4-6,16H2. The van der Waals surface area contributed by atoms with E-state index in [0.29, 0.717) is 12.8 Å². The second kappa shape index (κ2) is 4.05. The van der Waals surface area contributed by atoms with Crippen LogP contribution in [0.15, 0.2) is 12.1 Å². The zero-order valence-electron chi connectivity index (χ0n) is 9.59. The van der Waals surface area contributed by atoms with Crippen molar-refractivity contribution in [2.75, 3.05) is 6.54 Å². The molecule has 100 valence electrons. The Morgan fingerprint density at radius 3 is 2.22 bits per heavy atom. The maximum absolute atomic E-state index is 13.0. The highest BCUT2D eigenvalue weighted by molar-refractivity contribution is 5.54. The van der Waals surface area contributed by atoms with Crippen LogP contribution in [-0.4, -0.2) is 16.8 Å². The number of nitrogens with two attached hydrogens (primary N) is 1. The van der Waals surface area contributed by atoms with Crippen LogP contribution in [0, 0.1) is 0 Å². The summed E-state index contributed by atoms with van der Waals surface area (Å²) in [5.41, 5.74) is 3.53. The molecule has 18 heavy (non-hydrogen) atoms. The molecular weight excluding hydrogens is 247 g/mol. The monoisotopic (exact) mass is 261 g/mol. The van der Waals surface area contributed by atoms with Crippen LogP contribution in [0.4, 0.5) is 13.2 Å². The van der Waals surface area contributed by atoms with Crippen LogP contribution in [0.2, 0.25) is 0 Å². The van der Waals surface area contributed by atoms with Gasteiger partial charge in [0, 0.05) is 17.5 Å². The average molecular weight is 261 g/mol. The third-order valence-corrected chi connectivity index (χ3v) is 3.69. The maximum Gasteiger partial charge on any atom is 0.416 e. The molecule has 4 N–H and O–H groups in total. The lowest BCUT2D eigenvalue weighted by molar-refractivity contribution is -0.139. The van der Waals surface area contributed by atoms with Gasteiger partial charge in [0.25, 0.3) is 0 Å². The Hall–Kier alpha value is -1.43. The molecule has 1 aliphatic carbocycles. The molecule has 0 radical (unpaired) electrons. The largest absolute Gasteiger partial charge is 0.504 e. The summed E-state index contributed by atoms with van der Waals surface area (Å²) < 4.78 is 38.9. The number of halogens is 3. The lowest BCUT2D eigenvalue weighted by Crippen LogP contribution is -2.43. The van der Waals surface area contributed by atoms with Gasteiger partial charge in [0.15, 0.2) is 11.5 Å². The Bertz CT molecular complexity index is 462. The molecular formula is C12H14F3NO2. The molecule has 1 saturated carbocycles. The summed E-state index contributed by atoms with van der Waals surface area (Å²) in [5, 5.41) is 19.2. The van der Waals surface area contributed by atoms with E-state index in [9.17, 15) is 23.4 Å². The Kier molecular flexibility index (Phi) is 2.93. The van der Waals surface area contributed by atoms with E-state index in [0.717, 1.165) is 18.6 Å². The average Bonchev–Trinajstić information content (AvgIpc) is 2.21. The van der Waals surface area contributed by atoms with Gasteiger partial charge in [-0.2, -0.15) is 13.2 Å². The molecule has 0 spiro atoms. The zero-order valence-corrected chi connectivity index (χ0v) is 9.59. The highest BCUT2D eigenvalue weighted by Crippen LogP contribution is 2.52. The first kappa shape index (κ1) is 13.0. The molecule has 0 bridgehead atoms. The van der Waals surface area contributed by atoms with Crippen molar-refractivity contribution in [2.24, 2.45) is 5.73 Å². The van der Waals surface area contributed by atoms with Crippen molar-refractivity contribution >= 4 is 0 Å². The quantitative estimate of drug-likeness (QED) is 0.716. The van der Waals surface area contributed by atoms with Gasteiger partial charge in [0.05, 0.1) is 5.56 Å². The molecule has 0 aliphatic heterocycles. The number of aromatic hydroxyl groups is 2. The number of hydrogen-bond donors (Lipinski definition) is 3. The van der Waals surface area contributed by atoms with Crippen LogP contribution >= 0.6 is 0 Å². The van der Waals surface area contributed by atoms with E-state index in [1.54, 1.807) is 0 Å². The summed E-state index contributed by atoms with van der Waals surface area (Å²) >= 11 is 0. The third kappa shape index (κ3) is 1.80.